The second kappa shape index (κ2) is 8.79. The van der Waals surface area contributed by atoms with E-state index in [1.807, 2.05) is 32.0 Å². The molecule has 0 saturated heterocycles. The topological polar surface area (TPSA) is 81.9 Å². The number of thioether (sulfide) groups is 1. The van der Waals surface area contributed by atoms with Crippen molar-refractivity contribution in [3.05, 3.63) is 53.6 Å². The molecule has 3 rings (SSSR count). The number of aryl methyl sites for hydroxylation is 2. The van der Waals surface area contributed by atoms with Gasteiger partial charge in [-0.2, -0.15) is 13.5 Å². The average molecular weight is 405 g/mol. The largest absolute Gasteiger partial charge is 0.435 e. The maximum Gasteiger partial charge on any atom is 0.387 e. The molecule has 1 amide bonds. The predicted octanol–water partition coefficient (Wildman–Crippen LogP) is 3.61. The van der Waals surface area contributed by atoms with Crippen LogP contribution in [0.15, 0.2) is 47.6 Å². The van der Waals surface area contributed by atoms with Crippen LogP contribution in [0, 0.1) is 13.8 Å². The van der Waals surface area contributed by atoms with Gasteiger partial charge in [-0.25, -0.2) is 0 Å². The fraction of sp³-hybridized carbons (Fsp3) is 0.222. The zero-order chi connectivity index (χ0) is 20.1. The van der Waals surface area contributed by atoms with Crippen LogP contribution in [0.25, 0.3) is 5.69 Å². The molecule has 146 valence electrons. The maximum atomic E-state index is 12.2. The van der Waals surface area contributed by atoms with Gasteiger partial charge in [-0.15, -0.1) is 5.10 Å². The minimum Gasteiger partial charge on any atom is -0.435 e. The summed E-state index contributed by atoms with van der Waals surface area (Å²) in [4.78, 5) is 12.2. The van der Waals surface area contributed by atoms with Crippen molar-refractivity contribution in [3.63, 3.8) is 0 Å². The quantitative estimate of drug-likeness (QED) is 0.605. The second-order valence-corrected chi connectivity index (χ2v) is 6.85. The number of hydrogen-bond acceptors (Lipinski definition) is 6. The zero-order valence-corrected chi connectivity index (χ0v) is 15.9. The number of nitrogens with one attached hydrogen (secondary N) is 1. The molecule has 0 spiro atoms. The van der Waals surface area contributed by atoms with Crippen LogP contribution in [0.5, 0.6) is 5.75 Å². The minimum absolute atomic E-state index is 0.0232. The number of benzene rings is 2. The lowest BCUT2D eigenvalue weighted by Gasteiger charge is -2.09. The summed E-state index contributed by atoms with van der Waals surface area (Å²) in [5.74, 6) is -0.168. The zero-order valence-electron chi connectivity index (χ0n) is 15.1. The van der Waals surface area contributed by atoms with Crippen molar-refractivity contribution in [2.45, 2.75) is 25.6 Å². The van der Waals surface area contributed by atoms with Gasteiger partial charge in [0.15, 0.2) is 0 Å². The Labute approximate surface area is 164 Å². The highest BCUT2D eigenvalue weighted by Crippen LogP contribution is 2.22. The molecule has 2 aromatic carbocycles. The predicted molar refractivity (Wildman–Crippen MR) is 101 cm³/mol. The van der Waals surface area contributed by atoms with Gasteiger partial charge < -0.3 is 10.1 Å². The Balaban J connectivity index is 1.61. The van der Waals surface area contributed by atoms with Crippen molar-refractivity contribution in [2.75, 3.05) is 11.1 Å². The first-order valence-corrected chi connectivity index (χ1v) is 9.24. The van der Waals surface area contributed by atoms with E-state index in [-0.39, 0.29) is 17.4 Å². The van der Waals surface area contributed by atoms with Gasteiger partial charge in [0, 0.05) is 5.69 Å². The molecule has 0 unspecified atom stereocenters. The van der Waals surface area contributed by atoms with Crippen LogP contribution in [0.2, 0.25) is 0 Å². The monoisotopic (exact) mass is 405 g/mol. The Morgan fingerprint density at radius 2 is 1.96 bits per heavy atom. The Bertz CT molecular complexity index is 963. The third-order valence-corrected chi connectivity index (χ3v) is 4.65. The number of hydrogen-bond donors (Lipinski definition) is 1. The third kappa shape index (κ3) is 5.03. The van der Waals surface area contributed by atoms with Crippen LogP contribution in [0.3, 0.4) is 0 Å². The molecule has 0 fully saturated rings. The van der Waals surface area contributed by atoms with Crippen LogP contribution in [0.1, 0.15) is 11.1 Å². The van der Waals surface area contributed by atoms with Gasteiger partial charge in [-0.3, -0.25) is 4.79 Å². The van der Waals surface area contributed by atoms with Gasteiger partial charge in [0.25, 0.3) is 0 Å². The van der Waals surface area contributed by atoms with Crippen molar-refractivity contribution >= 4 is 23.4 Å². The maximum absolute atomic E-state index is 12.2. The first-order chi connectivity index (χ1) is 13.4. The van der Waals surface area contributed by atoms with Crippen molar-refractivity contribution in [1.82, 2.24) is 20.2 Å². The summed E-state index contributed by atoms with van der Waals surface area (Å²) in [6.07, 6.45) is 0. The van der Waals surface area contributed by atoms with Crippen LogP contribution in [0.4, 0.5) is 14.5 Å². The van der Waals surface area contributed by atoms with E-state index >= 15 is 0 Å². The Morgan fingerprint density at radius 1 is 1.21 bits per heavy atom. The number of amides is 1. The van der Waals surface area contributed by atoms with Gasteiger partial charge in [-0.1, -0.05) is 23.9 Å². The number of nitrogens with zero attached hydrogens (tertiary/aromatic N) is 4. The van der Waals surface area contributed by atoms with Crippen molar-refractivity contribution < 1.29 is 18.3 Å². The third-order valence-electron chi connectivity index (χ3n) is 3.73. The number of ether oxygens (including phenoxy) is 1. The van der Waals surface area contributed by atoms with E-state index in [2.05, 4.69) is 25.6 Å². The van der Waals surface area contributed by atoms with Crippen LogP contribution < -0.4 is 10.1 Å². The fourth-order valence-corrected chi connectivity index (χ4v) is 3.10. The number of tetrazole rings is 1. The molecule has 0 radical (unpaired) electrons. The summed E-state index contributed by atoms with van der Waals surface area (Å²) < 4.78 is 30.2. The van der Waals surface area contributed by atoms with E-state index in [0.29, 0.717) is 10.8 Å². The smallest absolute Gasteiger partial charge is 0.387 e. The molecular formula is C18H17F2N5O2S. The molecule has 1 N–H and O–H groups in total. The lowest BCUT2D eigenvalue weighted by Crippen LogP contribution is -2.14. The van der Waals surface area contributed by atoms with Crippen molar-refractivity contribution in [3.8, 4) is 11.4 Å². The SMILES string of the molecule is Cc1ccc(C)c(-n2nnnc2SCC(=O)Nc2ccc(OC(F)F)cc2)c1. The summed E-state index contributed by atoms with van der Waals surface area (Å²) in [6.45, 7) is 1.05. The molecule has 0 bridgehead atoms. The first kappa shape index (κ1) is 19.7. The van der Waals surface area contributed by atoms with Gasteiger partial charge >= 0.3 is 6.61 Å². The molecule has 0 saturated carbocycles. The number of anilines is 1. The first-order valence-electron chi connectivity index (χ1n) is 8.26. The van der Waals surface area contributed by atoms with E-state index in [1.165, 1.54) is 36.0 Å². The minimum atomic E-state index is -2.89. The Kier molecular flexibility index (Phi) is 6.19. The summed E-state index contributed by atoms with van der Waals surface area (Å²) in [5, 5.41) is 14.9. The molecule has 0 aliphatic carbocycles. The van der Waals surface area contributed by atoms with E-state index in [9.17, 15) is 13.6 Å². The van der Waals surface area contributed by atoms with E-state index in [0.717, 1.165) is 16.8 Å². The molecule has 1 heterocycles. The molecule has 0 aliphatic heterocycles. The van der Waals surface area contributed by atoms with Crippen molar-refractivity contribution in [2.24, 2.45) is 0 Å². The second-order valence-electron chi connectivity index (χ2n) is 5.90. The van der Waals surface area contributed by atoms with Gasteiger partial charge in [-0.05, 0) is 65.7 Å². The molecule has 0 atom stereocenters. The number of carbonyl (C=O) groups is 1. The number of rotatable bonds is 7. The molecule has 28 heavy (non-hydrogen) atoms. The summed E-state index contributed by atoms with van der Waals surface area (Å²) in [5.41, 5.74) is 3.41. The van der Waals surface area contributed by atoms with Crippen molar-refractivity contribution in [1.29, 1.82) is 0 Å². The lowest BCUT2D eigenvalue weighted by atomic mass is 10.1. The van der Waals surface area contributed by atoms with E-state index in [1.54, 1.807) is 4.68 Å². The number of halogens is 2. The van der Waals surface area contributed by atoms with Gasteiger partial charge in [0.2, 0.25) is 11.1 Å². The highest BCUT2D eigenvalue weighted by molar-refractivity contribution is 7.99. The van der Waals surface area contributed by atoms with E-state index in [4.69, 9.17) is 0 Å². The molecule has 10 heteroatoms. The molecule has 0 aliphatic rings. The number of alkyl halides is 2. The van der Waals surface area contributed by atoms with E-state index < -0.39 is 6.61 Å². The summed E-state index contributed by atoms with van der Waals surface area (Å²) in [6, 6.07) is 11.6. The van der Waals surface area contributed by atoms with Crippen LogP contribution in [-0.2, 0) is 4.79 Å². The average Bonchev–Trinajstić information content (AvgIpc) is 3.11. The fourth-order valence-electron chi connectivity index (χ4n) is 2.41. The number of aromatic nitrogens is 4. The van der Waals surface area contributed by atoms with Crippen LogP contribution in [-0.4, -0.2) is 38.5 Å². The van der Waals surface area contributed by atoms with Gasteiger partial charge in [0.05, 0.1) is 11.4 Å². The standard InChI is InChI=1S/C18H17F2N5O2S/c1-11-3-4-12(2)15(9-11)25-18(22-23-24-25)28-10-16(26)21-13-5-7-14(8-6-13)27-17(19)20/h3-9,17H,10H2,1-2H3,(H,21,26). The van der Waals surface area contributed by atoms with Gasteiger partial charge in [0.1, 0.15) is 5.75 Å². The molecule has 1 aromatic heterocycles. The highest BCUT2D eigenvalue weighted by Gasteiger charge is 2.13. The summed E-state index contributed by atoms with van der Waals surface area (Å²) >= 11 is 1.19. The summed E-state index contributed by atoms with van der Waals surface area (Å²) in [7, 11) is 0. The normalized spacial score (nSPS) is 10.9. The van der Waals surface area contributed by atoms with Crippen LogP contribution >= 0.6 is 11.8 Å². The Hall–Kier alpha value is -3.01. The number of carbonyl (C=O) groups excluding carboxylic acids is 1. The Morgan fingerprint density at radius 3 is 2.68 bits per heavy atom. The molecule has 7 nitrogen and oxygen atoms in total. The molecular weight excluding hydrogens is 388 g/mol. The lowest BCUT2D eigenvalue weighted by molar-refractivity contribution is -0.113. The molecule has 3 aromatic rings. The highest BCUT2D eigenvalue weighted by atomic mass is 32.2.